The zero-order chi connectivity index (χ0) is 14.1. The van der Waals surface area contributed by atoms with Crippen molar-refractivity contribution in [3.05, 3.63) is 71.6 Å². The number of hydrogen-bond acceptors (Lipinski definition) is 5. The number of nitrogens with one attached hydrogen (secondary N) is 1. The summed E-state index contributed by atoms with van der Waals surface area (Å²) in [6, 6.07) is 12.3. The number of benzene rings is 1. The molecule has 3 heterocycles. The Morgan fingerprint density at radius 3 is 2.86 bits per heavy atom. The fraction of sp³-hybridized carbons (Fsp3) is 0.188. The highest BCUT2D eigenvalue weighted by Crippen LogP contribution is 2.33. The van der Waals surface area contributed by atoms with Crippen LogP contribution in [0.4, 0.5) is 5.69 Å². The van der Waals surface area contributed by atoms with E-state index < -0.39 is 0 Å². The highest BCUT2D eigenvalue weighted by atomic mass is 16.5. The number of rotatable bonds is 3. The summed E-state index contributed by atoms with van der Waals surface area (Å²) in [4.78, 5) is 8.51. The fourth-order valence-corrected chi connectivity index (χ4v) is 2.61. The molecule has 1 atom stereocenters. The first kappa shape index (κ1) is 12.1. The van der Waals surface area contributed by atoms with E-state index in [-0.39, 0.29) is 6.04 Å². The predicted octanol–water partition coefficient (Wildman–Crippen LogP) is 2.76. The van der Waals surface area contributed by atoms with E-state index in [0.29, 0.717) is 18.1 Å². The first-order valence-corrected chi connectivity index (χ1v) is 6.94. The first-order valence-electron chi connectivity index (χ1n) is 6.94. The quantitative estimate of drug-likeness (QED) is 0.798. The zero-order valence-electron chi connectivity index (χ0n) is 11.4. The Kier molecular flexibility index (Phi) is 2.88. The summed E-state index contributed by atoms with van der Waals surface area (Å²) in [7, 11) is 0. The Morgan fingerprint density at radius 2 is 2.00 bits per heavy atom. The molecule has 0 saturated carbocycles. The van der Waals surface area contributed by atoms with Crippen LogP contribution in [-0.4, -0.2) is 15.1 Å². The van der Waals surface area contributed by atoms with Crippen molar-refractivity contribution in [2.75, 3.05) is 5.32 Å². The number of nitrogens with zero attached hydrogens (tertiary/aromatic N) is 3. The average Bonchev–Trinajstić information content (AvgIpc) is 3.14. The van der Waals surface area contributed by atoms with Crippen molar-refractivity contribution in [2.45, 2.75) is 18.9 Å². The molecular weight excluding hydrogens is 264 g/mol. The van der Waals surface area contributed by atoms with Gasteiger partial charge in [0.2, 0.25) is 5.89 Å². The van der Waals surface area contributed by atoms with E-state index in [2.05, 4.69) is 32.6 Å². The third-order valence-corrected chi connectivity index (χ3v) is 3.66. The van der Waals surface area contributed by atoms with E-state index in [1.54, 1.807) is 12.4 Å². The van der Waals surface area contributed by atoms with Gasteiger partial charge in [0.15, 0.2) is 5.82 Å². The molecule has 0 radical (unpaired) electrons. The minimum absolute atomic E-state index is 0.0705. The Labute approximate surface area is 122 Å². The third kappa shape index (κ3) is 2.38. The smallest absolute Gasteiger partial charge is 0.249 e. The minimum atomic E-state index is 0.0705. The van der Waals surface area contributed by atoms with Gasteiger partial charge >= 0.3 is 0 Å². The number of fused-ring (bicyclic) bond motifs is 1. The number of hydrogen-bond donors (Lipinski definition) is 1. The topological polar surface area (TPSA) is 63.8 Å². The van der Waals surface area contributed by atoms with Gasteiger partial charge in [0.1, 0.15) is 6.04 Å². The lowest BCUT2D eigenvalue weighted by atomic mass is 10.1. The van der Waals surface area contributed by atoms with Gasteiger partial charge in [-0.2, -0.15) is 4.98 Å². The van der Waals surface area contributed by atoms with Crippen molar-refractivity contribution in [3.8, 4) is 0 Å². The maximum atomic E-state index is 5.41. The van der Waals surface area contributed by atoms with Crippen LogP contribution in [0, 0.1) is 0 Å². The Balaban J connectivity index is 1.51. The maximum absolute atomic E-state index is 5.41. The van der Waals surface area contributed by atoms with Crippen molar-refractivity contribution < 1.29 is 4.52 Å². The van der Waals surface area contributed by atoms with Gasteiger partial charge in [0, 0.05) is 30.9 Å². The van der Waals surface area contributed by atoms with E-state index in [1.165, 1.54) is 5.56 Å². The molecule has 0 aliphatic carbocycles. The highest BCUT2D eigenvalue weighted by molar-refractivity contribution is 5.56. The number of pyridine rings is 1. The summed E-state index contributed by atoms with van der Waals surface area (Å²) >= 11 is 0. The molecule has 1 aliphatic heterocycles. The molecule has 2 aromatic heterocycles. The molecule has 0 spiro atoms. The molecule has 0 bridgehead atoms. The van der Waals surface area contributed by atoms with Crippen LogP contribution in [0.25, 0.3) is 0 Å². The van der Waals surface area contributed by atoms with Crippen molar-refractivity contribution in [1.82, 2.24) is 15.1 Å². The molecule has 104 valence electrons. The summed E-state index contributed by atoms with van der Waals surface area (Å²) in [6.45, 7) is 0. The SMILES string of the molecule is c1ccc2c(c1)CC(c1nc(Cc3ccncc3)no1)N2. The van der Waals surface area contributed by atoms with Crippen molar-refractivity contribution in [3.63, 3.8) is 0 Å². The second-order valence-corrected chi connectivity index (χ2v) is 5.14. The molecule has 4 rings (SSSR count). The summed E-state index contributed by atoms with van der Waals surface area (Å²) in [6.07, 6.45) is 5.08. The summed E-state index contributed by atoms with van der Waals surface area (Å²) < 4.78 is 5.41. The molecule has 0 fully saturated rings. The van der Waals surface area contributed by atoms with Crippen LogP contribution in [-0.2, 0) is 12.8 Å². The first-order chi connectivity index (χ1) is 10.4. The average molecular weight is 278 g/mol. The molecule has 3 aromatic rings. The molecule has 0 amide bonds. The molecule has 1 aromatic carbocycles. The molecule has 5 nitrogen and oxygen atoms in total. The van der Waals surface area contributed by atoms with E-state index in [4.69, 9.17) is 4.52 Å². The Hall–Kier alpha value is -2.69. The molecule has 5 heteroatoms. The highest BCUT2D eigenvalue weighted by Gasteiger charge is 2.26. The lowest BCUT2D eigenvalue weighted by molar-refractivity contribution is 0.360. The number of aromatic nitrogens is 3. The van der Waals surface area contributed by atoms with Crippen molar-refractivity contribution >= 4 is 5.69 Å². The number of anilines is 1. The lowest BCUT2D eigenvalue weighted by Crippen LogP contribution is -2.06. The molecule has 1 unspecified atom stereocenters. The van der Waals surface area contributed by atoms with Crippen molar-refractivity contribution in [2.24, 2.45) is 0 Å². The second-order valence-electron chi connectivity index (χ2n) is 5.14. The molecule has 1 N–H and O–H groups in total. The maximum Gasteiger partial charge on any atom is 0.249 e. The van der Waals surface area contributed by atoms with Gasteiger partial charge in [-0.1, -0.05) is 23.4 Å². The predicted molar refractivity (Wildman–Crippen MR) is 77.9 cm³/mol. The van der Waals surface area contributed by atoms with Crippen LogP contribution in [0.5, 0.6) is 0 Å². The second kappa shape index (κ2) is 5.01. The van der Waals surface area contributed by atoms with Gasteiger partial charge in [-0.05, 0) is 29.3 Å². The van der Waals surface area contributed by atoms with Gasteiger partial charge in [0.05, 0.1) is 0 Å². The van der Waals surface area contributed by atoms with Gasteiger partial charge in [0.25, 0.3) is 0 Å². The van der Waals surface area contributed by atoms with Crippen LogP contribution in [0.1, 0.15) is 28.9 Å². The largest absolute Gasteiger partial charge is 0.373 e. The van der Waals surface area contributed by atoms with Crippen LogP contribution in [0.15, 0.2) is 53.3 Å². The summed E-state index contributed by atoms with van der Waals surface area (Å²) in [5, 5.41) is 7.49. The van der Waals surface area contributed by atoms with Crippen molar-refractivity contribution in [1.29, 1.82) is 0 Å². The van der Waals surface area contributed by atoms with E-state index in [0.717, 1.165) is 17.7 Å². The van der Waals surface area contributed by atoms with Gasteiger partial charge in [-0.15, -0.1) is 0 Å². The molecule has 21 heavy (non-hydrogen) atoms. The van der Waals surface area contributed by atoms with Gasteiger partial charge in [-0.25, -0.2) is 0 Å². The number of para-hydroxylation sites is 1. The molecule has 1 aliphatic rings. The van der Waals surface area contributed by atoms with Gasteiger partial charge in [-0.3, -0.25) is 4.98 Å². The standard InChI is InChI=1S/C16H14N4O/c1-2-4-13-12(3-1)10-14(18-13)16-19-15(20-21-16)9-11-5-7-17-8-6-11/h1-8,14,18H,9-10H2. The summed E-state index contributed by atoms with van der Waals surface area (Å²) in [5.74, 6) is 1.35. The van der Waals surface area contributed by atoms with Gasteiger partial charge < -0.3 is 9.84 Å². The van der Waals surface area contributed by atoms with Crippen LogP contribution in [0.2, 0.25) is 0 Å². The lowest BCUT2D eigenvalue weighted by Gasteiger charge is -2.04. The van der Waals surface area contributed by atoms with E-state index in [1.807, 2.05) is 24.3 Å². The molecular formula is C16H14N4O. The van der Waals surface area contributed by atoms with E-state index in [9.17, 15) is 0 Å². The third-order valence-electron chi connectivity index (χ3n) is 3.66. The molecule has 0 saturated heterocycles. The minimum Gasteiger partial charge on any atom is -0.373 e. The fourth-order valence-electron chi connectivity index (χ4n) is 2.61. The normalized spacial score (nSPS) is 16.5. The van der Waals surface area contributed by atoms with Crippen LogP contribution in [0.3, 0.4) is 0 Å². The van der Waals surface area contributed by atoms with Crippen LogP contribution < -0.4 is 5.32 Å². The Morgan fingerprint density at radius 1 is 1.14 bits per heavy atom. The summed E-state index contributed by atoms with van der Waals surface area (Å²) in [5.41, 5.74) is 3.56. The monoisotopic (exact) mass is 278 g/mol. The Bertz CT molecular complexity index is 729. The van der Waals surface area contributed by atoms with Crippen LogP contribution >= 0.6 is 0 Å². The van der Waals surface area contributed by atoms with E-state index >= 15 is 0 Å². The zero-order valence-corrected chi connectivity index (χ0v) is 11.4.